The molecule has 0 saturated heterocycles. The largest absolute Gasteiger partial charge is 0.344 e. The maximum atomic E-state index is 2.62. The molecule has 0 spiro atoms. The van der Waals surface area contributed by atoms with Gasteiger partial charge in [0, 0.05) is 47.5 Å². The van der Waals surface area contributed by atoms with E-state index in [1.807, 2.05) is 0 Å². The monoisotopic (exact) mass is 637 g/mol. The van der Waals surface area contributed by atoms with Crippen molar-refractivity contribution in [2.45, 2.75) is 104 Å². The third-order valence-corrected chi connectivity index (χ3v) is 10.9. The number of benzene rings is 4. The van der Waals surface area contributed by atoms with Gasteiger partial charge in [-0.05, 0) is 77.9 Å². The first kappa shape index (κ1) is 34.0. The van der Waals surface area contributed by atoms with Gasteiger partial charge in [0.25, 0.3) is 0 Å². The van der Waals surface area contributed by atoms with Crippen molar-refractivity contribution in [2.24, 2.45) is 5.92 Å². The predicted molar refractivity (Wildman–Crippen MR) is 210 cm³/mol. The molecule has 0 aromatic heterocycles. The molecule has 2 aliphatic heterocycles. The van der Waals surface area contributed by atoms with Gasteiger partial charge in [-0.1, -0.05) is 133 Å². The lowest BCUT2D eigenvalue weighted by atomic mass is 9.79. The highest BCUT2D eigenvalue weighted by Crippen LogP contribution is 2.51. The molecule has 2 nitrogen and oxygen atoms in total. The molecule has 4 aromatic rings. The van der Waals surface area contributed by atoms with Crippen LogP contribution in [-0.2, 0) is 10.8 Å². The van der Waals surface area contributed by atoms with Crippen molar-refractivity contribution < 1.29 is 4.58 Å². The molecule has 2 heterocycles. The molecule has 0 aliphatic carbocycles. The van der Waals surface area contributed by atoms with Crippen LogP contribution in [0.4, 0.5) is 11.4 Å². The molecule has 2 aliphatic rings. The first-order chi connectivity index (χ1) is 23.2. The zero-order valence-electron chi connectivity index (χ0n) is 30.7. The fourth-order valence-corrected chi connectivity index (χ4v) is 8.43. The van der Waals surface area contributed by atoms with Crippen LogP contribution in [0.25, 0.3) is 21.5 Å². The summed E-state index contributed by atoms with van der Waals surface area (Å²) in [5, 5.41) is 5.41. The summed E-state index contributed by atoms with van der Waals surface area (Å²) in [6.07, 6.45) is 20.4. The minimum atomic E-state index is -0.0802. The third-order valence-electron chi connectivity index (χ3n) is 10.9. The van der Waals surface area contributed by atoms with E-state index in [9.17, 15) is 0 Å². The first-order valence-electron chi connectivity index (χ1n) is 18.7. The van der Waals surface area contributed by atoms with Crippen LogP contribution in [0.1, 0.15) is 105 Å². The number of unbranched alkanes of at least 4 members (excludes halogenated alkanes) is 4. The molecular weight excluding hydrogens is 581 g/mol. The zero-order chi connectivity index (χ0) is 33.9. The van der Waals surface area contributed by atoms with Crippen LogP contribution in [0.5, 0.6) is 0 Å². The van der Waals surface area contributed by atoms with Crippen molar-refractivity contribution in [1.29, 1.82) is 0 Å². The Morgan fingerprint density at radius 3 is 2.08 bits per heavy atom. The molecule has 250 valence electrons. The Labute approximate surface area is 290 Å². The number of anilines is 1. The Morgan fingerprint density at radius 2 is 1.38 bits per heavy atom. The van der Waals surface area contributed by atoms with Gasteiger partial charge >= 0.3 is 0 Å². The van der Waals surface area contributed by atoms with Crippen LogP contribution >= 0.6 is 0 Å². The van der Waals surface area contributed by atoms with E-state index >= 15 is 0 Å². The smallest absolute Gasteiger partial charge is 0.210 e. The highest BCUT2D eigenvalue weighted by atomic mass is 15.2. The van der Waals surface area contributed by atoms with Gasteiger partial charge in [0.15, 0.2) is 5.71 Å². The van der Waals surface area contributed by atoms with Gasteiger partial charge in [0.1, 0.15) is 6.54 Å². The van der Waals surface area contributed by atoms with Crippen LogP contribution in [0.3, 0.4) is 0 Å². The van der Waals surface area contributed by atoms with Gasteiger partial charge in [-0.15, -0.1) is 0 Å². The number of rotatable bonds is 13. The molecule has 0 radical (unpaired) electrons. The lowest BCUT2D eigenvalue weighted by molar-refractivity contribution is -0.438. The van der Waals surface area contributed by atoms with Crippen molar-refractivity contribution in [3.63, 3.8) is 0 Å². The van der Waals surface area contributed by atoms with Gasteiger partial charge in [-0.2, -0.15) is 4.58 Å². The SMILES string of the molecule is CCCCC[N+]1=C(/C=C/C=C/C=C2/N(CCCCCC(C)C)c3ccc4ccccc4c3C2(C)C)C(C)(C)c2c1ccc1ccccc21. The van der Waals surface area contributed by atoms with Crippen LogP contribution in [0.15, 0.2) is 109 Å². The average molecular weight is 638 g/mol. The van der Waals surface area contributed by atoms with E-state index in [1.54, 1.807) is 0 Å². The van der Waals surface area contributed by atoms with Crippen LogP contribution < -0.4 is 4.90 Å². The highest BCUT2D eigenvalue weighted by Gasteiger charge is 2.45. The van der Waals surface area contributed by atoms with E-state index in [0.29, 0.717) is 0 Å². The Balaban J connectivity index is 1.31. The van der Waals surface area contributed by atoms with Crippen LogP contribution in [-0.4, -0.2) is 23.4 Å². The molecule has 0 atom stereocenters. The van der Waals surface area contributed by atoms with E-state index in [1.165, 1.54) is 100 Å². The summed E-state index contributed by atoms with van der Waals surface area (Å²) in [4.78, 5) is 2.62. The van der Waals surface area contributed by atoms with Gasteiger partial charge in [-0.3, -0.25) is 0 Å². The summed E-state index contributed by atoms with van der Waals surface area (Å²) in [5.74, 6) is 0.779. The van der Waals surface area contributed by atoms with Crippen molar-refractivity contribution in [3.8, 4) is 0 Å². The van der Waals surface area contributed by atoms with E-state index in [-0.39, 0.29) is 10.8 Å². The average Bonchev–Trinajstić information content (AvgIpc) is 3.43. The second-order valence-corrected chi connectivity index (χ2v) is 15.5. The summed E-state index contributed by atoms with van der Waals surface area (Å²) in [6.45, 7) is 18.7. The van der Waals surface area contributed by atoms with Crippen LogP contribution in [0, 0.1) is 5.92 Å². The molecule has 2 heteroatoms. The first-order valence-corrected chi connectivity index (χ1v) is 18.7. The number of fused-ring (bicyclic) bond motifs is 6. The lowest BCUT2D eigenvalue weighted by Gasteiger charge is -2.27. The molecule has 0 saturated carbocycles. The van der Waals surface area contributed by atoms with E-state index in [0.717, 1.165) is 19.0 Å². The second kappa shape index (κ2) is 14.3. The third kappa shape index (κ3) is 6.43. The number of hydrogen-bond acceptors (Lipinski definition) is 1. The fourth-order valence-electron chi connectivity index (χ4n) is 8.43. The Morgan fingerprint density at radius 1 is 0.688 bits per heavy atom. The Kier molecular flexibility index (Phi) is 10.1. The van der Waals surface area contributed by atoms with E-state index in [4.69, 9.17) is 0 Å². The number of hydrogen-bond donors (Lipinski definition) is 0. The van der Waals surface area contributed by atoms with Crippen LogP contribution in [0.2, 0.25) is 0 Å². The zero-order valence-corrected chi connectivity index (χ0v) is 30.7. The Hall–Kier alpha value is -3.91. The molecule has 0 bridgehead atoms. The molecule has 48 heavy (non-hydrogen) atoms. The quantitative estimate of drug-likeness (QED) is 0.0803. The van der Waals surface area contributed by atoms with E-state index < -0.39 is 0 Å². The maximum absolute atomic E-state index is 2.62. The minimum Gasteiger partial charge on any atom is -0.344 e. The number of nitrogens with zero attached hydrogens (tertiary/aromatic N) is 2. The summed E-state index contributed by atoms with van der Waals surface area (Å²) in [6, 6.07) is 27.1. The lowest BCUT2D eigenvalue weighted by Crippen LogP contribution is -2.28. The fraction of sp³-hybridized carbons (Fsp3) is 0.413. The summed E-state index contributed by atoms with van der Waals surface area (Å²) >= 11 is 0. The molecular formula is C46H57N2+. The number of allylic oxidation sites excluding steroid dienone is 6. The Bertz CT molecular complexity index is 1890. The summed E-state index contributed by atoms with van der Waals surface area (Å²) in [5.41, 5.74) is 8.33. The second-order valence-electron chi connectivity index (χ2n) is 15.5. The van der Waals surface area contributed by atoms with Gasteiger partial charge in [-0.25, -0.2) is 0 Å². The summed E-state index contributed by atoms with van der Waals surface area (Å²) in [7, 11) is 0. The van der Waals surface area contributed by atoms with Gasteiger partial charge < -0.3 is 4.90 Å². The van der Waals surface area contributed by atoms with Crippen molar-refractivity contribution >= 4 is 38.6 Å². The van der Waals surface area contributed by atoms with Crippen molar-refractivity contribution in [3.05, 3.63) is 120 Å². The standard InChI is InChI=1S/C46H57N2/c1-8-9-19-32-47-39-30-28-35-22-15-17-24-37(35)43(39)45(4,5)41(47)26-13-10-14-27-42-46(6,7)44-38-25-18-16-23-36(38)29-31-40(44)48(42)33-20-11-12-21-34(2)3/h10,13-18,22-31,34H,8-9,11-12,19-21,32-33H2,1-7H3/q+1. The molecule has 6 rings (SSSR count). The molecule has 0 unspecified atom stereocenters. The van der Waals surface area contributed by atoms with Crippen molar-refractivity contribution in [2.75, 3.05) is 18.0 Å². The highest BCUT2D eigenvalue weighted by molar-refractivity contribution is 6.07. The van der Waals surface area contributed by atoms with Gasteiger partial charge in [0.05, 0.1) is 5.41 Å². The normalized spacial score (nSPS) is 17.7. The topological polar surface area (TPSA) is 6.25 Å². The molecule has 0 amide bonds. The maximum Gasteiger partial charge on any atom is 0.210 e. The summed E-state index contributed by atoms with van der Waals surface area (Å²) < 4.78 is 2.60. The van der Waals surface area contributed by atoms with Crippen molar-refractivity contribution in [1.82, 2.24) is 0 Å². The van der Waals surface area contributed by atoms with E-state index in [2.05, 4.69) is 161 Å². The molecule has 4 aromatic carbocycles. The predicted octanol–water partition coefficient (Wildman–Crippen LogP) is 12.6. The molecule has 0 N–H and O–H groups in total. The molecule has 0 fully saturated rings. The van der Waals surface area contributed by atoms with Gasteiger partial charge in [0.2, 0.25) is 5.69 Å². The minimum absolute atomic E-state index is 0.0757.